The highest BCUT2D eigenvalue weighted by atomic mass is 35.5. The summed E-state index contributed by atoms with van der Waals surface area (Å²) in [6, 6.07) is 24.0. The van der Waals surface area contributed by atoms with Crippen LogP contribution in [0.5, 0.6) is 0 Å². The molecule has 0 amide bonds. The Bertz CT molecular complexity index is 1370. The molecule has 5 nitrogen and oxygen atoms in total. The Hall–Kier alpha value is -3.12. The van der Waals surface area contributed by atoms with Gasteiger partial charge in [0, 0.05) is 39.3 Å². The van der Waals surface area contributed by atoms with E-state index in [4.69, 9.17) is 33.4 Å². The zero-order valence-electron chi connectivity index (χ0n) is 17.9. The molecule has 0 aliphatic heterocycles. The number of para-hydroxylation sites is 1. The van der Waals surface area contributed by atoms with Crippen LogP contribution < -0.4 is 5.32 Å². The second kappa shape index (κ2) is 9.79. The molecule has 2 N–H and O–H groups in total. The third-order valence-corrected chi connectivity index (χ3v) is 6.22. The minimum Gasteiger partial charge on any atom is -0.361 e. The van der Waals surface area contributed by atoms with Gasteiger partial charge in [0.2, 0.25) is 0 Å². The second-order valence-electron chi connectivity index (χ2n) is 7.91. The van der Waals surface area contributed by atoms with Crippen molar-refractivity contribution >= 4 is 34.1 Å². The van der Waals surface area contributed by atoms with Gasteiger partial charge in [0.1, 0.15) is 11.4 Å². The fraction of sp³-hybridized carbons (Fsp3) is 0.154. The monoisotopic (exact) mass is 475 g/mol. The maximum Gasteiger partial charge on any atom is 0.117 e. The van der Waals surface area contributed by atoms with Gasteiger partial charge in [0.25, 0.3) is 0 Å². The van der Waals surface area contributed by atoms with Crippen LogP contribution in [0, 0.1) is 0 Å². The number of nitrogens with zero attached hydrogens (tertiary/aromatic N) is 3. The van der Waals surface area contributed by atoms with Crippen molar-refractivity contribution in [2.45, 2.75) is 19.5 Å². The number of nitrogens with one attached hydrogen (secondary N) is 2. The van der Waals surface area contributed by atoms with Crippen molar-refractivity contribution in [2.75, 3.05) is 6.54 Å². The average molecular weight is 476 g/mol. The number of H-pyrrole nitrogens is 1. The van der Waals surface area contributed by atoms with Crippen LogP contribution in [0.2, 0.25) is 10.0 Å². The van der Waals surface area contributed by atoms with Crippen LogP contribution >= 0.6 is 23.2 Å². The Kier molecular flexibility index (Phi) is 6.44. The lowest BCUT2D eigenvalue weighted by Gasteiger charge is -2.04. The molecule has 0 bridgehead atoms. The van der Waals surface area contributed by atoms with Gasteiger partial charge in [-0.2, -0.15) is 15.0 Å². The molecular weight excluding hydrogens is 453 g/mol. The van der Waals surface area contributed by atoms with Crippen molar-refractivity contribution in [1.82, 2.24) is 25.3 Å². The quantitative estimate of drug-likeness (QED) is 0.266. The summed E-state index contributed by atoms with van der Waals surface area (Å²) in [7, 11) is 0. The number of hydrogen-bond acceptors (Lipinski definition) is 3. The second-order valence-corrected chi connectivity index (χ2v) is 8.76. The molecule has 2 heterocycles. The first-order chi connectivity index (χ1) is 16.2. The van der Waals surface area contributed by atoms with Gasteiger partial charge < -0.3 is 10.3 Å². The molecule has 0 atom stereocenters. The molecule has 0 aliphatic carbocycles. The van der Waals surface area contributed by atoms with Gasteiger partial charge in [0.15, 0.2) is 0 Å². The maximum absolute atomic E-state index is 6.37. The molecule has 0 spiro atoms. The molecule has 5 aromatic rings. The average Bonchev–Trinajstić information content (AvgIpc) is 3.43. The third kappa shape index (κ3) is 4.96. The summed E-state index contributed by atoms with van der Waals surface area (Å²) in [4.78, 5) is 5.04. The van der Waals surface area contributed by atoms with Crippen LogP contribution in [0.3, 0.4) is 0 Å². The van der Waals surface area contributed by atoms with Crippen molar-refractivity contribution in [3.05, 3.63) is 106 Å². The number of hydrogen-bond donors (Lipinski definition) is 2. The van der Waals surface area contributed by atoms with Gasteiger partial charge in [-0.25, -0.2) is 0 Å². The van der Waals surface area contributed by atoms with Gasteiger partial charge in [-0.1, -0.05) is 77.8 Å². The van der Waals surface area contributed by atoms with E-state index < -0.39 is 0 Å². The van der Waals surface area contributed by atoms with E-state index in [2.05, 4.69) is 46.8 Å². The van der Waals surface area contributed by atoms with Crippen molar-refractivity contribution in [1.29, 1.82) is 0 Å². The molecule has 0 fully saturated rings. The van der Waals surface area contributed by atoms with Crippen molar-refractivity contribution in [2.24, 2.45) is 0 Å². The van der Waals surface area contributed by atoms with Crippen LogP contribution in [-0.2, 0) is 19.5 Å². The number of rotatable bonds is 8. The van der Waals surface area contributed by atoms with Crippen LogP contribution in [0.4, 0.5) is 0 Å². The Morgan fingerprint density at radius 3 is 2.55 bits per heavy atom. The molecule has 0 unspecified atom stereocenters. The number of aromatic amines is 1. The highest BCUT2D eigenvalue weighted by molar-refractivity contribution is 6.35. The van der Waals surface area contributed by atoms with Crippen LogP contribution in [-0.4, -0.2) is 26.5 Å². The summed E-state index contributed by atoms with van der Waals surface area (Å²) in [5, 5.41) is 15.6. The normalized spacial score (nSPS) is 11.3. The summed E-state index contributed by atoms with van der Waals surface area (Å²) in [5.41, 5.74) is 6.23. The van der Waals surface area contributed by atoms with Crippen molar-refractivity contribution < 1.29 is 0 Å². The summed E-state index contributed by atoms with van der Waals surface area (Å²) in [6.45, 7) is 1.94. The molecule has 0 saturated carbocycles. The fourth-order valence-corrected chi connectivity index (χ4v) is 4.43. The molecule has 33 heavy (non-hydrogen) atoms. The minimum atomic E-state index is 0.477. The van der Waals surface area contributed by atoms with E-state index in [0.29, 0.717) is 23.1 Å². The van der Waals surface area contributed by atoms with E-state index in [1.807, 2.05) is 36.4 Å². The Balaban J connectivity index is 1.32. The number of fused-ring (bicyclic) bond motifs is 1. The maximum atomic E-state index is 6.37. The highest BCUT2D eigenvalue weighted by Gasteiger charge is 2.14. The summed E-state index contributed by atoms with van der Waals surface area (Å²) in [6.07, 6.45) is 3.02. The fourth-order valence-electron chi connectivity index (χ4n) is 3.96. The zero-order chi connectivity index (χ0) is 22.6. The lowest BCUT2D eigenvalue weighted by atomic mass is 10.1. The van der Waals surface area contributed by atoms with Crippen LogP contribution in [0.25, 0.3) is 22.2 Å². The first-order valence-corrected chi connectivity index (χ1v) is 11.6. The molecule has 5 rings (SSSR count). The van der Waals surface area contributed by atoms with E-state index in [9.17, 15) is 0 Å². The van der Waals surface area contributed by atoms with Gasteiger partial charge in [-0.15, -0.1) is 0 Å². The van der Waals surface area contributed by atoms with E-state index in [0.717, 1.165) is 35.5 Å². The molecule has 7 heteroatoms. The smallest absolute Gasteiger partial charge is 0.117 e. The SMILES string of the molecule is Clc1ccc(Cn2nc(CNCCc3c[nH]c4ccccc34)c(-c3ccccc3)n2)c(Cl)c1. The molecule has 0 saturated heterocycles. The number of benzene rings is 3. The Morgan fingerprint density at radius 2 is 1.70 bits per heavy atom. The summed E-state index contributed by atoms with van der Waals surface area (Å²) < 4.78 is 0. The van der Waals surface area contributed by atoms with E-state index in [1.165, 1.54) is 16.5 Å². The van der Waals surface area contributed by atoms with Gasteiger partial charge >= 0.3 is 0 Å². The Labute approximate surface area is 202 Å². The standard InChI is InChI=1S/C26H23Cl2N5/c27-21-11-10-20(23(28)14-21)17-33-31-25(26(32-33)18-6-2-1-3-7-18)16-29-13-12-19-15-30-24-9-5-4-8-22(19)24/h1-11,14-15,29-30H,12-13,16-17H2. The highest BCUT2D eigenvalue weighted by Crippen LogP contribution is 2.24. The molecule has 3 aromatic carbocycles. The van der Waals surface area contributed by atoms with E-state index in [-0.39, 0.29) is 0 Å². The summed E-state index contributed by atoms with van der Waals surface area (Å²) >= 11 is 12.4. The summed E-state index contributed by atoms with van der Waals surface area (Å²) in [5.74, 6) is 0. The number of aromatic nitrogens is 4. The van der Waals surface area contributed by atoms with Crippen LogP contribution in [0.1, 0.15) is 16.8 Å². The molecule has 0 aliphatic rings. The lowest BCUT2D eigenvalue weighted by molar-refractivity contribution is 0.577. The van der Waals surface area contributed by atoms with E-state index in [1.54, 1.807) is 10.9 Å². The third-order valence-electron chi connectivity index (χ3n) is 5.64. The predicted octanol–water partition coefficient (Wildman–Crippen LogP) is 6.11. The lowest BCUT2D eigenvalue weighted by Crippen LogP contribution is -2.17. The topological polar surface area (TPSA) is 58.5 Å². The molecule has 166 valence electrons. The van der Waals surface area contributed by atoms with Crippen molar-refractivity contribution in [3.8, 4) is 11.3 Å². The van der Waals surface area contributed by atoms with Gasteiger partial charge in [-0.05, 0) is 42.3 Å². The van der Waals surface area contributed by atoms with Crippen LogP contribution in [0.15, 0.2) is 79.0 Å². The zero-order valence-corrected chi connectivity index (χ0v) is 19.4. The number of halogens is 2. The van der Waals surface area contributed by atoms with Crippen molar-refractivity contribution in [3.63, 3.8) is 0 Å². The van der Waals surface area contributed by atoms with Gasteiger partial charge in [-0.3, -0.25) is 0 Å². The minimum absolute atomic E-state index is 0.477. The molecular formula is C26H23Cl2N5. The largest absolute Gasteiger partial charge is 0.361 e. The predicted molar refractivity (Wildman–Crippen MR) is 135 cm³/mol. The van der Waals surface area contributed by atoms with Gasteiger partial charge in [0.05, 0.1) is 6.54 Å². The Morgan fingerprint density at radius 1 is 0.879 bits per heavy atom. The molecule has 0 radical (unpaired) electrons. The first kappa shape index (κ1) is 21.7. The van der Waals surface area contributed by atoms with E-state index >= 15 is 0 Å². The first-order valence-electron chi connectivity index (χ1n) is 10.9. The molecule has 2 aromatic heterocycles.